The van der Waals surface area contributed by atoms with Crippen molar-refractivity contribution in [2.24, 2.45) is 11.8 Å². The summed E-state index contributed by atoms with van der Waals surface area (Å²) >= 11 is 3.61. The predicted molar refractivity (Wildman–Crippen MR) is 102 cm³/mol. The summed E-state index contributed by atoms with van der Waals surface area (Å²) < 4.78 is 1.08. The fourth-order valence-electron chi connectivity index (χ4n) is 3.85. The van der Waals surface area contributed by atoms with E-state index in [0.29, 0.717) is 6.42 Å². The van der Waals surface area contributed by atoms with Crippen LogP contribution in [0.3, 0.4) is 0 Å². The standard InChI is InChI=1S/C21H21BrO3/c1-13-19(23)11-15-12-20(13)24-25-21(15,2)10-9-14-7-8-18(22)17-6-4-3-5-16(14)17/h3-10,13,15,20H,11-12H2,1-2H3. The summed E-state index contributed by atoms with van der Waals surface area (Å²) in [6, 6.07) is 12.4. The van der Waals surface area contributed by atoms with Crippen LogP contribution in [0.25, 0.3) is 16.8 Å². The Bertz CT molecular complexity index is 859. The van der Waals surface area contributed by atoms with Crippen molar-refractivity contribution >= 4 is 38.6 Å². The Morgan fingerprint density at radius 1 is 1.20 bits per heavy atom. The molecule has 4 unspecified atom stereocenters. The summed E-state index contributed by atoms with van der Waals surface area (Å²) in [5.74, 6) is 0.367. The number of halogens is 1. The molecule has 4 heteroatoms. The highest BCUT2D eigenvalue weighted by Gasteiger charge is 2.48. The smallest absolute Gasteiger partial charge is 0.138 e. The second kappa shape index (κ2) is 6.35. The molecule has 2 bridgehead atoms. The molecule has 3 nitrogen and oxygen atoms in total. The number of hydrogen-bond acceptors (Lipinski definition) is 3. The normalized spacial score (nSPS) is 32.4. The van der Waals surface area contributed by atoms with Crippen molar-refractivity contribution in [2.75, 3.05) is 0 Å². The maximum atomic E-state index is 12.2. The molecule has 1 saturated heterocycles. The molecule has 2 fully saturated rings. The lowest BCUT2D eigenvalue weighted by Crippen LogP contribution is -2.51. The van der Waals surface area contributed by atoms with Gasteiger partial charge in [0.05, 0.1) is 0 Å². The number of hydrogen-bond donors (Lipinski definition) is 0. The van der Waals surface area contributed by atoms with Gasteiger partial charge in [-0.25, -0.2) is 9.78 Å². The van der Waals surface area contributed by atoms with Crippen molar-refractivity contribution in [1.82, 2.24) is 0 Å². The van der Waals surface area contributed by atoms with E-state index in [0.717, 1.165) is 16.5 Å². The average Bonchev–Trinajstić information content (AvgIpc) is 2.62. The third-order valence-electron chi connectivity index (χ3n) is 5.69. The molecule has 130 valence electrons. The van der Waals surface area contributed by atoms with Crippen LogP contribution in [-0.2, 0) is 14.6 Å². The van der Waals surface area contributed by atoms with Crippen LogP contribution in [0.5, 0.6) is 0 Å². The third-order valence-corrected chi connectivity index (χ3v) is 6.38. The van der Waals surface area contributed by atoms with Gasteiger partial charge in [0.2, 0.25) is 0 Å². The maximum Gasteiger partial charge on any atom is 0.138 e. The Morgan fingerprint density at radius 2 is 1.96 bits per heavy atom. The summed E-state index contributed by atoms with van der Waals surface area (Å²) in [7, 11) is 0. The molecule has 4 atom stereocenters. The van der Waals surface area contributed by atoms with E-state index in [1.54, 1.807) is 0 Å². The number of rotatable bonds is 2. The van der Waals surface area contributed by atoms with Crippen LogP contribution in [0.2, 0.25) is 0 Å². The van der Waals surface area contributed by atoms with Crippen molar-refractivity contribution in [1.29, 1.82) is 0 Å². The minimum absolute atomic E-state index is 0.0693. The lowest BCUT2D eigenvalue weighted by atomic mass is 9.71. The predicted octanol–water partition coefficient (Wildman–Crippen LogP) is 5.32. The Balaban J connectivity index is 1.66. The topological polar surface area (TPSA) is 35.5 Å². The van der Waals surface area contributed by atoms with Crippen molar-refractivity contribution in [2.45, 2.75) is 38.4 Å². The summed E-state index contributed by atoms with van der Waals surface area (Å²) in [6.07, 6.45) is 5.45. The van der Waals surface area contributed by atoms with E-state index in [1.807, 2.05) is 32.1 Å². The molecular weight excluding hydrogens is 380 g/mol. The highest BCUT2D eigenvalue weighted by molar-refractivity contribution is 9.10. The van der Waals surface area contributed by atoms with Gasteiger partial charge in [0.1, 0.15) is 17.5 Å². The SMILES string of the molecule is CC1C(=O)CC2CC1OOC2(C)C=Cc1ccc(Br)c2ccccc12. The Hall–Kier alpha value is -1.49. The molecule has 25 heavy (non-hydrogen) atoms. The first-order valence-electron chi connectivity index (χ1n) is 8.71. The van der Waals surface area contributed by atoms with E-state index in [1.165, 1.54) is 10.8 Å². The molecule has 0 aromatic heterocycles. The maximum absolute atomic E-state index is 12.2. The van der Waals surface area contributed by atoms with Crippen molar-refractivity contribution in [3.8, 4) is 0 Å². The summed E-state index contributed by atoms with van der Waals surface area (Å²) in [5, 5.41) is 2.36. The van der Waals surface area contributed by atoms with E-state index < -0.39 is 5.60 Å². The van der Waals surface area contributed by atoms with E-state index in [9.17, 15) is 4.79 Å². The summed E-state index contributed by atoms with van der Waals surface area (Å²) in [5.41, 5.74) is 0.543. The number of fused-ring (bicyclic) bond motifs is 3. The van der Waals surface area contributed by atoms with Gasteiger partial charge in [-0.3, -0.25) is 4.79 Å². The lowest BCUT2D eigenvalue weighted by molar-refractivity contribution is -0.415. The van der Waals surface area contributed by atoms with E-state index in [2.05, 4.69) is 46.3 Å². The van der Waals surface area contributed by atoms with Crippen LogP contribution in [0, 0.1) is 11.8 Å². The number of Topliss-reactive ketones (excluding diaryl/α,β-unsaturated/α-hetero) is 1. The molecule has 1 heterocycles. The van der Waals surface area contributed by atoms with Gasteiger partial charge in [-0.15, -0.1) is 0 Å². The lowest BCUT2D eigenvalue weighted by Gasteiger charge is -2.45. The number of carbonyl (C=O) groups excluding carboxylic acids is 1. The first-order valence-corrected chi connectivity index (χ1v) is 9.51. The van der Waals surface area contributed by atoms with Gasteiger partial charge < -0.3 is 0 Å². The fraction of sp³-hybridized carbons (Fsp3) is 0.381. The molecule has 0 radical (unpaired) electrons. The zero-order valence-corrected chi connectivity index (χ0v) is 16.0. The largest absolute Gasteiger partial charge is 0.299 e. The van der Waals surface area contributed by atoms with Crippen LogP contribution in [0.4, 0.5) is 0 Å². The first-order chi connectivity index (χ1) is 12.0. The van der Waals surface area contributed by atoms with E-state index in [-0.39, 0.29) is 23.7 Å². The van der Waals surface area contributed by atoms with Crippen molar-refractivity contribution < 1.29 is 14.6 Å². The highest BCUT2D eigenvalue weighted by Crippen LogP contribution is 2.43. The van der Waals surface area contributed by atoms with Crippen LogP contribution < -0.4 is 0 Å². The second-order valence-electron chi connectivity index (χ2n) is 7.31. The molecule has 0 amide bonds. The molecule has 1 aliphatic carbocycles. The van der Waals surface area contributed by atoms with Crippen molar-refractivity contribution in [3.05, 3.63) is 52.5 Å². The van der Waals surface area contributed by atoms with E-state index >= 15 is 0 Å². The van der Waals surface area contributed by atoms with Gasteiger partial charge in [0, 0.05) is 22.7 Å². The summed E-state index contributed by atoms with van der Waals surface area (Å²) in [4.78, 5) is 23.5. The molecule has 1 aliphatic heterocycles. The fourth-order valence-corrected chi connectivity index (χ4v) is 4.32. The molecular formula is C21H21BrO3. The quantitative estimate of drug-likeness (QED) is 0.639. The molecule has 0 N–H and O–H groups in total. The van der Waals surface area contributed by atoms with Crippen LogP contribution in [0.1, 0.15) is 32.3 Å². The van der Waals surface area contributed by atoms with Gasteiger partial charge in [-0.1, -0.05) is 59.3 Å². The minimum atomic E-state index is -0.583. The molecule has 4 rings (SSSR count). The minimum Gasteiger partial charge on any atom is -0.299 e. The highest BCUT2D eigenvalue weighted by atomic mass is 79.9. The molecule has 0 spiro atoms. The Labute approximate surface area is 156 Å². The van der Waals surface area contributed by atoms with E-state index in [4.69, 9.17) is 9.78 Å². The van der Waals surface area contributed by atoms with Gasteiger partial charge in [0.25, 0.3) is 0 Å². The monoisotopic (exact) mass is 400 g/mol. The zero-order valence-electron chi connectivity index (χ0n) is 14.4. The van der Waals surface area contributed by atoms with Crippen molar-refractivity contribution in [3.63, 3.8) is 0 Å². The van der Waals surface area contributed by atoms with Crippen LogP contribution in [-0.4, -0.2) is 17.5 Å². The molecule has 1 saturated carbocycles. The van der Waals surface area contributed by atoms with Gasteiger partial charge >= 0.3 is 0 Å². The summed E-state index contributed by atoms with van der Waals surface area (Å²) in [6.45, 7) is 3.94. The molecule has 2 aromatic carbocycles. The molecule has 2 aliphatic rings. The Kier molecular flexibility index (Phi) is 4.30. The Morgan fingerprint density at radius 3 is 2.76 bits per heavy atom. The zero-order chi connectivity index (χ0) is 17.6. The number of carbonyl (C=O) groups is 1. The first kappa shape index (κ1) is 17.0. The van der Waals surface area contributed by atoms with Crippen LogP contribution >= 0.6 is 15.9 Å². The second-order valence-corrected chi connectivity index (χ2v) is 8.16. The van der Waals surface area contributed by atoms with Crippen LogP contribution in [0.15, 0.2) is 46.9 Å². The van der Waals surface area contributed by atoms with Gasteiger partial charge in [-0.05, 0) is 41.8 Å². The number of benzene rings is 2. The third kappa shape index (κ3) is 2.97. The number of ketones is 1. The van der Waals surface area contributed by atoms with Gasteiger partial charge in [-0.2, -0.15) is 0 Å². The average molecular weight is 401 g/mol. The van der Waals surface area contributed by atoms with Gasteiger partial charge in [0.15, 0.2) is 0 Å². The molecule has 2 aromatic rings.